The number of carbonyl (C=O) groups is 2. The van der Waals surface area contributed by atoms with Crippen molar-refractivity contribution in [2.75, 3.05) is 29.9 Å². The van der Waals surface area contributed by atoms with Gasteiger partial charge in [0, 0.05) is 42.4 Å². The summed E-state index contributed by atoms with van der Waals surface area (Å²) in [5.41, 5.74) is 1.51. The maximum Gasteiger partial charge on any atom is 0.316 e. The third kappa shape index (κ3) is 4.62. The van der Waals surface area contributed by atoms with E-state index in [1.807, 2.05) is 28.8 Å². The molecule has 32 heavy (non-hydrogen) atoms. The molecule has 9 heteroatoms. The van der Waals surface area contributed by atoms with Crippen LogP contribution in [0.2, 0.25) is 0 Å². The van der Waals surface area contributed by atoms with Crippen LogP contribution in [-0.4, -0.2) is 50.9 Å². The summed E-state index contributed by atoms with van der Waals surface area (Å²) in [5, 5.41) is 2.82. The van der Waals surface area contributed by atoms with E-state index < -0.39 is 11.1 Å². The average Bonchev–Trinajstić information content (AvgIpc) is 2.81. The largest absolute Gasteiger partial charge is 0.341 e. The van der Waals surface area contributed by atoms with Gasteiger partial charge < -0.3 is 19.8 Å². The number of aromatic amines is 1. The molecule has 2 N–H and O–H groups in total. The summed E-state index contributed by atoms with van der Waals surface area (Å²) in [5.74, 6) is 1.75. The van der Waals surface area contributed by atoms with E-state index in [1.54, 1.807) is 37.3 Å². The fourth-order valence-electron chi connectivity index (χ4n) is 3.74. The molecular weight excluding hydrogens is 428 g/mol. The molecule has 0 atom stereocenters. The lowest BCUT2D eigenvalue weighted by atomic mass is 10.1. The van der Waals surface area contributed by atoms with Crippen LogP contribution in [0, 0.1) is 0 Å². The Morgan fingerprint density at radius 3 is 2.47 bits per heavy atom. The highest BCUT2D eigenvalue weighted by Gasteiger charge is 2.17. The molecule has 1 aliphatic rings. The first-order valence-corrected chi connectivity index (χ1v) is 11.6. The molecule has 1 aliphatic heterocycles. The first kappa shape index (κ1) is 21.9. The topological polar surface area (TPSA) is 104 Å². The van der Waals surface area contributed by atoms with Gasteiger partial charge in [0.25, 0.3) is 5.91 Å². The van der Waals surface area contributed by atoms with Crippen LogP contribution in [0.3, 0.4) is 0 Å². The quantitative estimate of drug-likeness (QED) is 0.577. The van der Waals surface area contributed by atoms with Crippen molar-refractivity contribution >= 4 is 40.3 Å². The summed E-state index contributed by atoms with van der Waals surface area (Å²) in [6.45, 7) is 3.73. The second-order valence-corrected chi connectivity index (χ2v) is 8.78. The lowest BCUT2D eigenvalue weighted by Crippen LogP contribution is -2.38. The van der Waals surface area contributed by atoms with Gasteiger partial charge in [-0.25, -0.2) is 0 Å². The molecule has 8 nitrogen and oxygen atoms in total. The molecule has 2 aromatic carbocycles. The van der Waals surface area contributed by atoms with Crippen molar-refractivity contribution in [3.8, 4) is 0 Å². The minimum absolute atomic E-state index is 0.123. The molecule has 1 fully saturated rings. The Labute approximate surface area is 188 Å². The predicted molar refractivity (Wildman–Crippen MR) is 127 cm³/mol. The fraction of sp³-hybridized carbons (Fsp3) is 0.304. The minimum Gasteiger partial charge on any atom is -0.341 e. The van der Waals surface area contributed by atoms with Crippen LogP contribution in [0.5, 0.6) is 0 Å². The van der Waals surface area contributed by atoms with E-state index >= 15 is 0 Å². The molecular formula is C23H24N4O4S. The van der Waals surface area contributed by atoms with Crippen LogP contribution in [0.4, 0.5) is 5.69 Å². The molecule has 166 valence electrons. The lowest BCUT2D eigenvalue weighted by Gasteiger charge is -2.26. The SMILES string of the molecule is CCn1c(=O)c(=O)[nH]c2cc(C(=O)Nc3ccc(CC(=O)N4CCSCC4)cc3)ccc21. The second-order valence-electron chi connectivity index (χ2n) is 7.56. The monoisotopic (exact) mass is 452 g/mol. The number of aromatic nitrogens is 2. The van der Waals surface area contributed by atoms with Crippen LogP contribution >= 0.6 is 11.8 Å². The molecule has 2 amide bonds. The zero-order chi connectivity index (χ0) is 22.7. The summed E-state index contributed by atoms with van der Waals surface area (Å²) < 4.78 is 1.37. The van der Waals surface area contributed by atoms with Gasteiger partial charge in [0.15, 0.2) is 0 Å². The fourth-order valence-corrected chi connectivity index (χ4v) is 4.65. The van der Waals surface area contributed by atoms with Crippen molar-refractivity contribution in [1.29, 1.82) is 0 Å². The highest BCUT2D eigenvalue weighted by molar-refractivity contribution is 7.99. The van der Waals surface area contributed by atoms with Gasteiger partial charge >= 0.3 is 11.1 Å². The molecule has 1 aromatic heterocycles. The number of carbonyl (C=O) groups excluding carboxylic acids is 2. The van der Waals surface area contributed by atoms with Crippen molar-refractivity contribution in [2.24, 2.45) is 0 Å². The van der Waals surface area contributed by atoms with Gasteiger partial charge in [-0.05, 0) is 42.8 Å². The smallest absolute Gasteiger partial charge is 0.316 e. The number of thioether (sulfide) groups is 1. The zero-order valence-electron chi connectivity index (χ0n) is 17.7. The molecule has 1 saturated heterocycles. The summed E-state index contributed by atoms with van der Waals surface area (Å²) >= 11 is 1.87. The molecule has 0 spiro atoms. The van der Waals surface area contributed by atoms with Gasteiger partial charge in [-0.3, -0.25) is 19.2 Å². The number of amides is 2. The van der Waals surface area contributed by atoms with E-state index in [2.05, 4.69) is 10.3 Å². The normalized spacial score (nSPS) is 13.8. The number of hydrogen-bond donors (Lipinski definition) is 2. The minimum atomic E-state index is -0.717. The number of benzene rings is 2. The van der Waals surface area contributed by atoms with Crippen molar-refractivity contribution in [1.82, 2.24) is 14.5 Å². The number of aryl methyl sites for hydroxylation is 1. The molecule has 0 saturated carbocycles. The highest BCUT2D eigenvalue weighted by Crippen LogP contribution is 2.16. The van der Waals surface area contributed by atoms with E-state index in [9.17, 15) is 19.2 Å². The lowest BCUT2D eigenvalue weighted by molar-refractivity contribution is -0.130. The molecule has 0 bridgehead atoms. The molecule has 0 unspecified atom stereocenters. The molecule has 0 radical (unpaired) electrons. The Bertz CT molecular complexity index is 1270. The number of nitrogens with zero attached hydrogens (tertiary/aromatic N) is 2. The van der Waals surface area contributed by atoms with Gasteiger partial charge in [0.2, 0.25) is 5.91 Å². The van der Waals surface area contributed by atoms with Crippen molar-refractivity contribution in [2.45, 2.75) is 19.9 Å². The number of nitrogens with one attached hydrogen (secondary N) is 2. The van der Waals surface area contributed by atoms with Crippen LogP contribution in [0.1, 0.15) is 22.8 Å². The molecule has 3 aromatic rings. The first-order valence-electron chi connectivity index (χ1n) is 10.5. The van der Waals surface area contributed by atoms with E-state index in [4.69, 9.17) is 0 Å². The van der Waals surface area contributed by atoms with Crippen molar-refractivity contribution in [3.63, 3.8) is 0 Å². The molecule has 2 heterocycles. The number of hydrogen-bond acceptors (Lipinski definition) is 5. The second kappa shape index (κ2) is 9.44. The average molecular weight is 453 g/mol. The van der Waals surface area contributed by atoms with Gasteiger partial charge in [-0.15, -0.1) is 0 Å². The Balaban J connectivity index is 1.46. The zero-order valence-corrected chi connectivity index (χ0v) is 18.5. The number of H-pyrrole nitrogens is 1. The number of fused-ring (bicyclic) bond motifs is 1. The van der Waals surface area contributed by atoms with E-state index in [0.717, 1.165) is 30.2 Å². The Morgan fingerprint density at radius 1 is 1.06 bits per heavy atom. The van der Waals surface area contributed by atoms with Crippen molar-refractivity contribution in [3.05, 3.63) is 74.3 Å². The Hall–Kier alpha value is -3.33. The third-order valence-corrected chi connectivity index (χ3v) is 6.43. The van der Waals surface area contributed by atoms with Crippen LogP contribution in [0.15, 0.2) is 52.1 Å². The molecule has 0 aliphatic carbocycles. The van der Waals surface area contributed by atoms with Gasteiger partial charge in [0.05, 0.1) is 17.5 Å². The predicted octanol–water partition coefficient (Wildman–Crippen LogP) is 2.08. The maximum atomic E-state index is 12.7. The van der Waals surface area contributed by atoms with Crippen LogP contribution in [0.25, 0.3) is 11.0 Å². The van der Waals surface area contributed by atoms with Crippen molar-refractivity contribution < 1.29 is 9.59 Å². The standard InChI is InChI=1S/C23H24N4O4S/c1-2-27-19-8-5-16(14-18(19)25-22(30)23(27)31)21(29)24-17-6-3-15(4-7-17)13-20(28)26-9-11-32-12-10-26/h3-8,14H,2,9-13H2,1H3,(H,24,29)(H,25,30). The summed E-state index contributed by atoms with van der Waals surface area (Å²) in [7, 11) is 0. The van der Waals surface area contributed by atoms with Gasteiger partial charge in [-0.2, -0.15) is 11.8 Å². The summed E-state index contributed by atoms with van der Waals surface area (Å²) in [4.78, 5) is 53.4. The van der Waals surface area contributed by atoms with E-state index in [-0.39, 0.29) is 11.8 Å². The Kier molecular flexibility index (Phi) is 6.45. The van der Waals surface area contributed by atoms with Crippen LogP contribution in [-0.2, 0) is 17.8 Å². The number of anilines is 1. The van der Waals surface area contributed by atoms with E-state index in [1.165, 1.54) is 4.57 Å². The maximum absolute atomic E-state index is 12.7. The molecule has 4 rings (SSSR count). The third-order valence-electron chi connectivity index (χ3n) is 5.48. The Morgan fingerprint density at radius 2 is 1.78 bits per heavy atom. The highest BCUT2D eigenvalue weighted by atomic mass is 32.2. The number of rotatable bonds is 5. The van der Waals surface area contributed by atoms with Gasteiger partial charge in [-0.1, -0.05) is 12.1 Å². The van der Waals surface area contributed by atoms with Gasteiger partial charge in [0.1, 0.15) is 0 Å². The summed E-state index contributed by atoms with van der Waals surface area (Å²) in [6, 6.07) is 12.0. The first-order chi connectivity index (χ1) is 15.5. The van der Waals surface area contributed by atoms with E-state index in [0.29, 0.717) is 35.2 Å². The summed E-state index contributed by atoms with van der Waals surface area (Å²) in [6.07, 6.45) is 0.343. The van der Waals surface area contributed by atoms with Crippen LogP contribution < -0.4 is 16.4 Å².